The lowest BCUT2D eigenvalue weighted by Gasteiger charge is -2.12. The molecule has 1 aliphatic carbocycles. The van der Waals surface area contributed by atoms with E-state index >= 15 is 0 Å². The summed E-state index contributed by atoms with van der Waals surface area (Å²) >= 11 is 0. The Bertz CT molecular complexity index is 797. The summed E-state index contributed by atoms with van der Waals surface area (Å²) in [7, 11) is 0. The van der Waals surface area contributed by atoms with Crippen molar-refractivity contribution in [3.63, 3.8) is 0 Å². The number of nitrogens with one attached hydrogen (secondary N) is 1. The molecule has 3 N–H and O–H groups in total. The molecule has 0 radical (unpaired) electrons. The molecule has 1 aliphatic rings. The van der Waals surface area contributed by atoms with Crippen molar-refractivity contribution < 1.29 is 0 Å². The van der Waals surface area contributed by atoms with Gasteiger partial charge in [0.05, 0.1) is 17.6 Å². The van der Waals surface area contributed by atoms with Gasteiger partial charge in [-0.3, -0.25) is 0 Å². The van der Waals surface area contributed by atoms with Crippen molar-refractivity contribution in [1.29, 1.82) is 0 Å². The molecule has 0 saturated heterocycles. The van der Waals surface area contributed by atoms with Crippen LogP contribution < -0.4 is 11.1 Å². The molecule has 2 unspecified atom stereocenters. The van der Waals surface area contributed by atoms with E-state index in [1.807, 2.05) is 24.4 Å². The zero-order valence-corrected chi connectivity index (χ0v) is 12.1. The molecule has 0 spiro atoms. The summed E-state index contributed by atoms with van der Waals surface area (Å²) in [6.07, 6.45) is 8.44. The average molecular weight is 295 g/mol. The van der Waals surface area contributed by atoms with Gasteiger partial charge in [-0.2, -0.15) is 5.10 Å². The molecule has 0 amide bonds. The first-order valence-electron chi connectivity index (χ1n) is 7.44. The van der Waals surface area contributed by atoms with Crippen LogP contribution in [-0.2, 0) is 0 Å². The van der Waals surface area contributed by atoms with Gasteiger partial charge in [-0.05, 0) is 31.4 Å². The normalized spacial score (nSPS) is 21.3. The quantitative estimate of drug-likeness (QED) is 0.760. The van der Waals surface area contributed by atoms with E-state index in [9.17, 15) is 0 Å². The third-order valence-electron chi connectivity index (χ3n) is 3.98. The van der Waals surface area contributed by atoms with Crippen LogP contribution in [0.4, 0.5) is 5.95 Å². The number of anilines is 1. The first-order chi connectivity index (χ1) is 10.8. The van der Waals surface area contributed by atoms with Gasteiger partial charge in [-0.1, -0.05) is 0 Å². The molecular weight excluding hydrogens is 278 g/mol. The minimum atomic E-state index is 0.284. The molecule has 3 aromatic heterocycles. The van der Waals surface area contributed by atoms with Gasteiger partial charge in [-0.15, -0.1) is 0 Å². The van der Waals surface area contributed by atoms with E-state index in [0.717, 1.165) is 36.3 Å². The largest absolute Gasteiger partial charge is 0.351 e. The topological polar surface area (TPSA) is 94.0 Å². The average Bonchev–Trinajstić information content (AvgIpc) is 3.15. The number of rotatable bonds is 3. The molecule has 22 heavy (non-hydrogen) atoms. The van der Waals surface area contributed by atoms with Crippen LogP contribution in [0, 0.1) is 0 Å². The maximum atomic E-state index is 5.94. The fourth-order valence-electron chi connectivity index (χ4n) is 2.86. The van der Waals surface area contributed by atoms with E-state index in [0.29, 0.717) is 12.0 Å². The highest BCUT2D eigenvalue weighted by Gasteiger charge is 2.22. The number of nitrogens with two attached hydrogens (primary N) is 1. The van der Waals surface area contributed by atoms with Gasteiger partial charge in [0.25, 0.3) is 0 Å². The number of aromatic nitrogens is 5. The van der Waals surface area contributed by atoms with Gasteiger partial charge in [0.1, 0.15) is 0 Å². The fraction of sp³-hybridized carbons (Fsp3) is 0.333. The van der Waals surface area contributed by atoms with E-state index in [1.165, 1.54) is 0 Å². The molecule has 1 saturated carbocycles. The minimum Gasteiger partial charge on any atom is -0.351 e. The highest BCUT2D eigenvalue weighted by Crippen LogP contribution is 2.21. The van der Waals surface area contributed by atoms with Crippen LogP contribution >= 0.6 is 0 Å². The van der Waals surface area contributed by atoms with E-state index in [1.54, 1.807) is 16.9 Å². The Labute approximate surface area is 127 Å². The zero-order chi connectivity index (χ0) is 14.9. The molecule has 0 aromatic carbocycles. The highest BCUT2D eigenvalue weighted by molar-refractivity contribution is 5.58. The molecule has 112 valence electrons. The Kier molecular flexibility index (Phi) is 3.19. The second-order valence-electron chi connectivity index (χ2n) is 5.63. The highest BCUT2D eigenvalue weighted by atomic mass is 15.2. The van der Waals surface area contributed by atoms with E-state index in [4.69, 9.17) is 5.73 Å². The first-order valence-corrected chi connectivity index (χ1v) is 7.44. The molecule has 4 rings (SSSR count). The predicted molar refractivity (Wildman–Crippen MR) is 83.3 cm³/mol. The summed E-state index contributed by atoms with van der Waals surface area (Å²) in [4.78, 5) is 13.4. The minimum absolute atomic E-state index is 0.284. The van der Waals surface area contributed by atoms with Crippen molar-refractivity contribution in [2.75, 3.05) is 5.32 Å². The summed E-state index contributed by atoms with van der Waals surface area (Å²) in [6, 6.07) is 6.27. The van der Waals surface area contributed by atoms with Gasteiger partial charge < -0.3 is 11.1 Å². The summed E-state index contributed by atoms with van der Waals surface area (Å²) in [5.41, 5.74) is 8.34. The molecule has 7 heteroatoms. The maximum Gasteiger partial charge on any atom is 0.223 e. The van der Waals surface area contributed by atoms with Crippen molar-refractivity contribution >= 4 is 11.6 Å². The van der Waals surface area contributed by atoms with Crippen LogP contribution in [0.15, 0.2) is 36.8 Å². The predicted octanol–water partition coefficient (Wildman–Crippen LogP) is 1.48. The molecule has 1 fully saturated rings. The van der Waals surface area contributed by atoms with E-state index < -0.39 is 0 Å². The number of fused-ring (bicyclic) bond motifs is 1. The van der Waals surface area contributed by atoms with Crippen LogP contribution in [-0.4, -0.2) is 36.6 Å². The fourth-order valence-corrected chi connectivity index (χ4v) is 2.86. The van der Waals surface area contributed by atoms with Crippen LogP contribution in [0.5, 0.6) is 0 Å². The van der Waals surface area contributed by atoms with Crippen LogP contribution in [0.1, 0.15) is 19.3 Å². The van der Waals surface area contributed by atoms with E-state index in [-0.39, 0.29) is 6.04 Å². The number of hydrogen-bond donors (Lipinski definition) is 2. The monoisotopic (exact) mass is 295 g/mol. The van der Waals surface area contributed by atoms with Crippen LogP contribution in [0.2, 0.25) is 0 Å². The lowest BCUT2D eigenvalue weighted by atomic mass is 10.2. The summed E-state index contributed by atoms with van der Waals surface area (Å²) in [5, 5.41) is 7.51. The first kappa shape index (κ1) is 13.1. The van der Waals surface area contributed by atoms with Crippen LogP contribution in [0.3, 0.4) is 0 Å². The molecule has 2 atom stereocenters. The van der Waals surface area contributed by atoms with Gasteiger partial charge in [-0.25, -0.2) is 19.5 Å². The molecule has 3 heterocycles. The zero-order valence-electron chi connectivity index (χ0n) is 12.1. The Morgan fingerprint density at radius 1 is 1.09 bits per heavy atom. The van der Waals surface area contributed by atoms with Crippen molar-refractivity contribution in [3.05, 3.63) is 36.8 Å². The van der Waals surface area contributed by atoms with E-state index in [2.05, 4.69) is 25.4 Å². The molecule has 3 aromatic rings. The Morgan fingerprint density at radius 3 is 2.86 bits per heavy atom. The van der Waals surface area contributed by atoms with Gasteiger partial charge in [0.15, 0.2) is 5.65 Å². The summed E-state index contributed by atoms with van der Waals surface area (Å²) < 4.78 is 1.73. The number of hydrogen-bond acceptors (Lipinski definition) is 6. The van der Waals surface area contributed by atoms with Crippen molar-refractivity contribution in [1.82, 2.24) is 24.6 Å². The second kappa shape index (κ2) is 5.34. The smallest absolute Gasteiger partial charge is 0.223 e. The molecule has 7 nitrogen and oxygen atoms in total. The molecule has 0 aliphatic heterocycles. The SMILES string of the molecule is NC1CCC(Nc2nccc(-c3ccn4nccc4n3)n2)C1. The Morgan fingerprint density at radius 2 is 2.00 bits per heavy atom. The molecular formula is C15H17N7. The van der Waals surface area contributed by atoms with Crippen molar-refractivity contribution in [2.45, 2.75) is 31.3 Å². The Hall–Kier alpha value is -2.54. The lowest BCUT2D eigenvalue weighted by Crippen LogP contribution is -2.21. The third kappa shape index (κ3) is 2.50. The summed E-state index contributed by atoms with van der Waals surface area (Å²) in [6.45, 7) is 0. The van der Waals surface area contributed by atoms with Gasteiger partial charge in [0.2, 0.25) is 5.95 Å². The van der Waals surface area contributed by atoms with Gasteiger partial charge >= 0.3 is 0 Å². The lowest BCUT2D eigenvalue weighted by molar-refractivity contribution is 0.685. The third-order valence-corrected chi connectivity index (χ3v) is 3.98. The van der Waals surface area contributed by atoms with Crippen molar-refractivity contribution in [2.24, 2.45) is 5.73 Å². The second-order valence-corrected chi connectivity index (χ2v) is 5.63. The van der Waals surface area contributed by atoms with Gasteiger partial charge in [0, 0.05) is 30.5 Å². The Balaban J connectivity index is 1.60. The number of nitrogens with zero attached hydrogens (tertiary/aromatic N) is 5. The molecule has 0 bridgehead atoms. The standard InChI is InChI=1S/C15H17N7/c16-10-1-2-11(9-10)19-15-17-6-3-12(21-15)13-5-8-22-14(20-13)4-7-18-22/h3-8,10-11H,1-2,9,16H2,(H,17,19,21). The maximum absolute atomic E-state index is 5.94. The van der Waals surface area contributed by atoms with Crippen LogP contribution in [0.25, 0.3) is 17.0 Å². The van der Waals surface area contributed by atoms with Crippen molar-refractivity contribution in [3.8, 4) is 11.4 Å². The summed E-state index contributed by atoms with van der Waals surface area (Å²) in [5.74, 6) is 0.631.